The molecular weight excluding hydrogens is 207 g/mol. The van der Waals surface area contributed by atoms with Crippen molar-refractivity contribution < 1.29 is 4.39 Å². The molecule has 1 aromatic carbocycles. The van der Waals surface area contributed by atoms with Crippen molar-refractivity contribution in [1.29, 1.82) is 0 Å². The van der Waals surface area contributed by atoms with Gasteiger partial charge in [-0.15, -0.1) is 0 Å². The molecule has 0 fully saturated rings. The van der Waals surface area contributed by atoms with E-state index in [0.717, 1.165) is 5.56 Å². The van der Waals surface area contributed by atoms with Gasteiger partial charge in [0.25, 0.3) is 0 Å². The van der Waals surface area contributed by atoms with E-state index in [0.29, 0.717) is 18.2 Å². The van der Waals surface area contributed by atoms with Gasteiger partial charge in [0, 0.05) is 6.54 Å². The molecule has 16 heavy (non-hydrogen) atoms. The maximum Gasteiger partial charge on any atom is 0.144 e. The predicted molar refractivity (Wildman–Crippen MR) is 60.2 cm³/mol. The molecule has 0 radical (unpaired) electrons. The zero-order chi connectivity index (χ0) is 11.4. The van der Waals surface area contributed by atoms with Crippen molar-refractivity contribution >= 4 is 11.6 Å². The number of nitrogens with two attached hydrogens (primary N) is 1. The lowest BCUT2D eigenvalue weighted by atomic mass is 10.2. The average molecular weight is 218 g/mol. The van der Waals surface area contributed by atoms with Crippen molar-refractivity contribution in [3.8, 4) is 0 Å². The molecule has 1 heterocycles. The number of hydrogen-bond acceptors (Lipinski definition) is 4. The molecule has 0 saturated heterocycles. The number of nitrogens with one attached hydrogen (secondary N) is 1. The van der Waals surface area contributed by atoms with Crippen LogP contribution in [-0.4, -0.2) is 9.97 Å². The average Bonchev–Trinajstić information content (AvgIpc) is 2.30. The topological polar surface area (TPSA) is 63.8 Å². The number of anilines is 2. The summed E-state index contributed by atoms with van der Waals surface area (Å²) in [7, 11) is 0. The van der Waals surface area contributed by atoms with Crippen molar-refractivity contribution in [2.75, 3.05) is 11.1 Å². The summed E-state index contributed by atoms with van der Waals surface area (Å²) in [6.07, 6.45) is 3.03. The minimum Gasteiger partial charge on any atom is -0.382 e. The van der Waals surface area contributed by atoms with E-state index in [1.165, 1.54) is 18.3 Å². The molecule has 0 unspecified atom stereocenters. The van der Waals surface area contributed by atoms with Gasteiger partial charge in [-0.3, -0.25) is 0 Å². The minimum atomic E-state index is -0.240. The van der Waals surface area contributed by atoms with Crippen LogP contribution in [-0.2, 0) is 6.54 Å². The molecule has 3 N–H and O–H groups in total. The molecule has 0 aliphatic rings. The highest BCUT2D eigenvalue weighted by molar-refractivity contribution is 5.36. The highest BCUT2D eigenvalue weighted by Crippen LogP contribution is 2.06. The Morgan fingerprint density at radius 3 is 2.50 bits per heavy atom. The van der Waals surface area contributed by atoms with Gasteiger partial charge in [0.15, 0.2) is 0 Å². The van der Waals surface area contributed by atoms with Gasteiger partial charge < -0.3 is 11.1 Å². The molecule has 0 bridgehead atoms. The summed E-state index contributed by atoms with van der Waals surface area (Å²) in [5.41, 5.74) is 6.38. The van der Waals surface area contributed by atoms with Gasteiger partial charge in [-0.05, 0) is 17.7 Å². The molecule has 0 spiro atoms. The molecule has 0 aliphatic carbocycles. The first-order chi connectivity index (χ1) is 7.74. The number of benzene rings is 1. The molecule has 0 aliphatic heterocycles. The fourth-order valence-electron chi connectivity index (χ4n) is 1.22. The molecular formula is C11H11FN4. The van der Waals surface area contributed by atoms with Crippen LogP contribution in [0.4, 0.5) is 16.0 Å². The van der Waals surface area contributed by atoms with E-state index < -0.39 is 0 Å². The quantitative estimate of drug-likeness (QED) is 0.824. The summed E-state index contributed by atoms with van der Waals surface area (Å²) in [6, 6.07) is 6.28. The Bertz CT molecular complexity index is 407. The number of hydrogen-bond donors (Lipinski definition) is 2. The van der Waals surface area contributed by atoms with E-state index in [2.05, 4.69) is 15.3 Å². The largest absolute Gasteiger partial charge is 0.382 e. The lowest BCUT2D eigenvalue weighted by molar-refractivity contribution is 0.627. The highest BCUT2D eigenvalue weighted by Gasteiger charge is 1.96. The first kappa shape index (κ1) is 10.4. The van der Waals surface area contributed by atoms with Gasteiger partial charge in [0.05, 0.1) is 12.4 Å². The third kappa shape index (κ3) is 2.66. The maximum absolute atomic E-state index is 12.6. The van der Waals surface area contributed by atoms with Crippen molar-refractivity contribution in [3.05, 3.63) is 48.0 Å². The lowest BCUT2D eigenvalue weighted by Crippen LogP contribution is -2.02. The highest BCUT2D eigenvalue weighted by atomic mass is 19.1. The van der Waals surface area contributed by atoms with Gasteiger partial charge in [-0.2, -0.15) is 0 Å². The van der Waals surface area contributed by atoms with Crippen LogP contribution in [0.25, 0.3) is 0 Å². The zero-order valence-electron chi connectivity index (χ0n) is 8.52. The molecule has 1 aromatic heterocycles. The van der Waals surface area contributed by atoms with Crippen LogP contribution < -0.4 is 11.1 Å². The van der Waals surface area contributed by atoms with Crippen molar-refractivity contribution in [2.24, 2.45) is 0 Å². The van der Waals surface area contributed by atoms with Crippen LogP contribution in [0, 0.1) is 5.82 Å². The molecule has 4 nitrogen and oxygen atoms in total. The van der Waals surface area contributed by atoms with Crippen LogP contribution in [0.15, 0.2) is 36.7 Å². The van der Waals surface area contributed by atoms with Crippen LogP contribution in [0.1, 0.15) is 5.56 Å². The maximum atomic E-state index is 12.6. The SMILES string of the molecule is Nc1cnc(NCc2ccc(F)cc2)cn1. The first-order valence-corrected chi connectivity index (χ1v) is 4.80. The Kier molecular flexibility index (Phi) is 2.95. The van der Waals surface area contributed by atoms with E-state index >= 15 is 0 Å². The van der Waals surface area contributed by atoms with Gasteiger partial charge in [0.2, 0.25) is 0 Å². The zero-order valence-corrected chi connectivity index (χ0v) is 8.52. The number of halogens is 1. The third-order valence-corrected chi connectivity index (χ3v) is 2.06. The van der Waals surface area contributed by atoms with Crippen LogP contribution in [0.5, 0.6) is 0 Å². The fourth-order valence-corrected chi connectivity index (χ4v) is 1.22. The van der Waals surface area contributed by atoms with Crippen LogP contribution >= 0.6 is 0 Å². The predicted octanol–water partition coefficient (Wildman–Crippen LogP) is 1.81. The standard InChI is InChI=1S/C11H11FN4/c12-9-3-1-8(2-4-9)5-15-11-7-14-10(13)6-16-11/h1-4,6-7H,5H2,(H2,13,14)(H,15,16). The molecule has 0 amide bonds. The lowest BCUT2D eigenvalue weighted by Gasteiger charge is -2.05. The van der Waals surface area contributed by atoms with Gasteiger partial charge in [-0.1, -0.05) is 12.1 Å². The van der Waals surface area contributed by atoms with Crippen molar-refractivity contribution in [2.45, 2.75) is 6.54 Å². The summed E-state index contributed by atoms with van der Waals surface area (Å²) in [6.45, 7) is 0.568. The molecule has 2 aromatic rings. The molecule has 0 saturated carbocycles. The van der Waals surface area contributed by atoms with E-state index in [9.17, 15) is 4.39 Å². The second-order valence-corrected chi connectivity index (χ2v) is 3.31. The molecule has 0 atom stereocenters. The molecule has 82 valence electrons. The van der Waals surface area contributed by atoms with Gasteiger partial charge >= 0.3 is 0 Å². The second-order valence-electron chi connectivity index (χ2n) is 3.31. The summed E-state index contributed by atoms with van der Waals surface area (Å²) in [5.74, 6) is 0.780. The van der Waals surface area contributed by atoms with E-state index in [4.69, 9.17) is 5.73 Å². The summed E-state index contributed by atoms with van der Waals surface area (Å²) >= 11 is 0. The smallest absolute Gasteiger partial charge is 0.144 e. The van der Waals surface area contributed by atoms with Gasteiger partial charge in [-0.25, -0.2) is 14.4 Å². The van der Waals surface area contributed by atoms with E-state index in [1.54, 1.807) is 18.3 Å². The number of rotatable bonds is 3. The third-order valence-electron chi connectivity index (χ3n) is 2.06. The summed E-state index contributed by atoms with van der Waals surface area (Å²) < 4.78 is 12.6. The van der Waals surface area contributed by atoms with Crippen LogP contribution in [0.3, 0.4) is 0 Å². The number of nitrogen functional groups attached to an aromatic ring is 1. The Balaban J connectivity index is 1.97. The minimum absolute atomic E-state index is 0.240. The Morgan fingerprint density at radius 1 is 1.12 bits per heavy atom. The van der Waals surface area contributed by atoms with E-state index in [-0.39, 0.29) is 5.82 Å². The second kappa shape index (κ2) is 4.57. The van der Waals surface area contributed by atoms with Crippen molar-refractivity contribution in [1.82, 2.24) is 9.97 Å². The summed E-state index contributed by atoms with van der Waals surface area (Å²) in [5, 5.41) is 3.06. The Labute approximate surface area is 92.3 Å². The molecule has 2 rings (SSSR count). The monoisotopic (exact) mass is 218 g/mol. The van der Waals surface area contributed by atoms with E-state index in [1.807, 2.05) is 0 Å². The summed E-state index contributed by atoms with van der Waals surface area (Å²) in [4.78, 5) is 7.94. The number of nitrogens with zero attached hydrogens (tertiary/aromatic N) is 2. The Morgan fingerprint density at radius 2 is 1.88 bits per heavy atom. The van der Waals surface area contributed by atoms with Crippen LogP contribution in [0.2, 0.25) is 0 Å². The normalized spacial score (nSPS) is 10.1. The van der Waals surface area contributed by atoms with Gasteiger partial charge in [0.1, 0.15) is 17.5 Å². The Hall–Kier alpha value is -2.17. The first-order valence-electron chi connectivity index (χ1n) is 4.80. The number of aromatic nitrogens is 2. The van der Waals surface area contributed by atoms with Crippen molar-refractivity contribution in [3.63, 3.8) is 0 Å². The molecule has 5 heteroatoms. The fraction of sp³-hybridized carbons (Fsp3) is 0.0909.